The Hall–Kier alpha value is -1.63. The van der Waals surface area contributed by atoms with Crippen LogP contribution < -0.4 is 0 Å². The SMILES string of the molecule is Cc1ccsc1C(O)c1ccc(C#N)cc1. The lowest BCUT2D eigenvalue weighted by Gasteiger charge is -2.10. The topological polar surface area (TPSA) is 44.0 Å². The maximum Gasteiger partial charge on any atom is 0.113 e. The Bertz CT molecular complexity index is 522. The fourth-order valence-corrected chi connectivity index (χ4v) is 2.49. The highest BCUT2D eigenvalue weighted by Gasteiger charge is 2.13. The van der Waals surface area contributed by atoms with Gasteiger partial charge in [-0.1, -0.05) is 12.1 Å². The first-order chi connectivity index (χ1) is 7.72. The largest absolute Gasteiger partial charge is 0.383 e. The normalized spacial score (nSPS) is 12.1. The molecule has 1 atom stereocenters. The fraction of sp³-hybridized carbons (Fsp3) is 0.154. The summed E-state index contributed by atoms with van der Waals surface area (Å²) in [6, 6.07) is 11.1. The zero-order valence-corrected chi connectivity index (χ0v) is 9.66. The van der Waals surface area contributed by atoms with Gasteiger partial charge in [0.15, 0.2) is 0 Å². The lowest BCUT2D eigenvalue weighted by Crippen LogP contribution is -1.98. The van der Waals surface area contributed by atoms with E-state index in [9.17, 15) is 5.11 Å². The van der Waals surface area contributed by atoms with Crippen molar-refractivity contribution in [3.05, 3.63) is 57.3 Å². The van der Waals surface area contributed by atoms with Crippen LogP contribution >= 0.6 is 11.3 Å². The molecule has 0 bridgehead atoms. The Morgan fingerprint density at radius 1 is 1.25 bits per heavy atom. The van der Waals surface area contributed by atoms with E-state index in [1.165, 1.54) is 0 Å². The molecule has 80 valence electrons. The number of thiophene rings is 1. The van der Waals surface area contributed by atoms with Gasteiger partial charge in [0.1, 0.15) is 6.10 Å². The predicted molar refractivity (Wildman–Crippen MR) is 64.3 cm³/mol. The summed E-state index contributed by atoms with van der Waals surface area (Å²) in [6.45, 7) is 1.98. The first kappa shape index (κ1) is 10.9. The quantitative estimate of drug-likeness (QED) is 0.860. The van der Waals surface area contributed by atoms with Crippen molar-refractivity contribution in [1.82, 2.24) is 0 Å². The average Bonchev–Trinajstić information content (AvgIpc) is 2.75. The number of hydrogen-bond acceptors (Lipinski definition) is 3. The molecule has 0 aliphatic heterocycles. The van der Waals surface area contributed by atoms with E-state index in [0.717, 1.165) is 16.0 Å². The first-order valence-corrected chi connectivity index (χ1v) is 5.82. The molecule has 1 N–H and O–H groups in total. The lowest BCUT2D eigenvalue weighted by molar-refractivity contribution is 0.223. The molecule has 0 amide bonds. The summed E-state index contributed by atoms with van der Waals surface area (Å²) < 4.78 is 0. The smallest absolute Gasteiger partial charge is 0.113 e. The van der Waals surface area contributed by atoms with Crippen LogP contribution in [0.5, 0.6) is 0 Å². The number of aliphatic hydroxyl groups is 1. The zero-order chi connectivity index (χ0) is 11.5. The maximum absolute atomic E-state index is 10.2. The van der Waals surface area contributed by atoms with E-state index >= 15 is 0 Å². The van der Waals surface area contributed by atoms with Crippen molar-refractivity contribution in [3.63, 3.8) is 0 Å². The third-order valence-electron chi connectivity index (χ3n) is 2.51. The summed E-state index contributed by atoms with van der Waals surface area (Å²) in [5.41, 5.74) is 2.53. The van der Waals surface area contributed by atoms with E-state index in [1.54, 1.807) is 35.6 Å². The molecule has 2 rings (SSSR count). The van der Waals surface area contributed by atoms with Gasteiger partial charge in [0.2, 0.25) is 0 Å². The van der Waals surface area contributed by atoms with Crippen LogP contribution in [-0.2, 0) is 0 Å². The third kappa shape index (κ3) is 1.99. The van der Waals surface area contributed by atoms with E-state index in [-0.39, 0.29) is 0 Å². The molecule has 0 fully saturated rings. The standard InChI is InChI=1S/C13H11NOS/c1-9-6-7-16-13(9)12(15)11-4-2-10(8-14)3-5-11/h2-7,12,15H,1H3. The van der Waals surface area contributed by atoms with Crippen molar-refractivity contribution in [2.75, 3.05) is 0 Å². The number of aliphatic hydroxyl groups excluding tert-OH is 1. The molecule has 0 aliphatic rings. The molecular weight excluding hydrogens is 218 g/mol. The van der Waals surface area contributed by atoms with E-state index < -0.39 is 6.10 Å². The molecule has 0 saturated carbocycles. The number of nitrogens with zero attached hydrogens (tertiary/aromatic N) is 1. The second-order valence-electron chi connectivity index (χ2n) is 3.60. The van der Waals surface area contributed by atoms with Gasteiger partial charge >= 0.3 is 0 Å². The Labute approximate surface area is 98.4 Å². The van der Waals surface area contributed by atoms with Crippen molar-refractivity contribution in [2.24, 2.45) is 0 Å². The molecule has 1 unspecified atom stereocenters. The van der Waals surface area contributed by atoms with Crippen LogP contribution in [0.25, 0.3) is 0 Å². The van der Waals surface area contributed by atoms with Crippen LogP contribution in [0.2, 0.25) is 0 Å². The first-order valence-electron chi connectivity index (χ1n) is 4.94. The molecule has 2 nitrogen and oxygen atoms in total. The Kier molecular flexibility index (Phi) is 3.04. The van der Waals surface area contributed by atoms with Crippen LogP contribution in [0.15, 0.2) is 35.7 Å². The van der Waals surface area contributed by atoms with Crippen molar-refractivity contribution < 1.29 is 5.11 Å². The Morgan fingerprint density at radius 2 is 1.94 bits per heavy atom. The lowest BCUT2D eigenvalue weighted by atomic mass is 10.0. The van der Waals surface area contributed by atoms with Crippen LogP contribution in [0.3, 0.4) is 0 Å². The van der Waals surface area contributed by atoms with E-state index in [2.05, 4.69) is 6.07 Å². The highest BCUT2D eigenvalue weighted by atomic mass is 32.1. The highest BCUT2D eigenvalue weighted by Crippen LogP contribution is 2.29. The van der Waals surface area contributed by atoms with E-state index in [0.29, 0.717) is 5.56 Å². The molecule has 1 aromatic carbocycles. The van der Waals surface area contributed by atoms with Gasteiger partial charge < -0.3 is 5.11 Å². The van der Waals surface area contributed by atoms with Gasteiger partial charge in [0, 0.05) is 4.88 Å². The number of aryl methyl sites for hydroxylation is 1. The van der Waals surface area contributed by atoms with Crippen molar-refractivity contribution >= 4 is 11.3 Å². The summed E-state index contributed by atoms with van der Waals surface area (Å²) in [7, 11) is 0. The minimum atomic E-state index is -0.590. The van der Waals surface area contributed by atoms with Crippen molar-refractivity contribution in [2.45, 2.75) is 13.0 Å². The molecular formula is C13H11NOS. The van der Waals surface area contributed by atoms with Gasteiger partial charge in [-0.05, 0) is 41.6 Å². The van der Waals surface area contributed by atoms with Gasteiger partial charge in [-0.2, -0.15) is 5.26 Å². The van der Waals surface area contributed by atoms with E-state index in [4.69, 9.17) is 5.26 Å². The number of benzene rings is 1. The van der Waals surface area contributed by atoms with Crippen LogP contribution in [0.4, 0.5) is 0 Å². The van der Waals surface area contributed by atoms with Gasteiger partial charge in [0.05, 0.1) is 11.6 Å². The molecule has 0 aliphatic carbocycles. The second kappa shape index (κ2) is 4.48. The highest BCUT2D eigenvalue weighted by molar-refractivity contribution is 7.10. The summed E-state index contributed by atoms with van der Waals surface area (Å²) >= 11 is 1.55. The third-order valence-corrected chi connectivity index (χ3v) is 3.58. The second-order valence-corrected chi connectivity index (χ2v) is 4.55. The molecule has 16 heavy (non-hydrogen) atoms. The molecule has 0 spiro atoms. The van der Waals surface area contributed by atoms with Gasteiger partial charge in [-0.25, -0.2) is 0 Å². The molecule has 2 aromatic rings. The summed E-state index contributed by atoms with van der Waals surface area (Å²) in [6.07, 6.45) is -0.590. The van der Waals surface area contributed by atoms with Crippen LogP contribution in [0.1, 0.15) is 27.7 Å². The van der Waals surface area contributed by atoms with Crippen LogP contribution in [0, 0.1) is 18.3 Å². The van der Waals surface area contributed by atoms with Crippen molar-refractivity contribution in [1.29, 1.82) is 5.26 Å². The maximum atomic E-state index is 10.2. The number of hydrogen-bond donors (Lipinski definition) is 1. The minimum Gasteiger partial charge on any atom is -0.383 e. The molecule has 0 radical (unpaired) electrons. The number of rotatable bonds is 2. The summed E-state index contributed by atoms with van der Waals surface area (Å²) in [5, 5.41) is 20.8. The molecule has 0 saturated heterocycles. The van der Waals surface area contributed by atoms with Gasteiger partial charge in [0.25, 0.3) is 0 Å². The van der Waals surface area contributed by atoms with E-state index in [1.807, 2.05) is 18.4 Å². The number of nitriles is 1. The minimum absolute atomic E-state index is 0.590. The fourth-order valence-electron chi connectivity index (χ4n) is 1.56. The summed E-state index contributed by atoms with van der Waals surface area (Å²) in [5.74, 6) is 0. The monoisotopic (exact) mass is 229 g/mol. The van der Waals surface area contributed by atoms with Gasteiger partial charge in [-0.3, -0.25) is 0 Å². The molecule has 1 aromatic heterocycles. The van der Waals surface area contributed by atoms with Crippen molar-refractivity contribution in [3.8, 4) is 6.07 Å². The summed E-state index contributed by atoms with van der Waals surface area (Å²) in [4.78, 5) is 0.963. The van der Waals surface area contributed by atoms with Crippen LogP contribution in [-0.4, -0.2) is 5.11 Å². The average molecular weight is 229 g/mol. The Balaban J connectivity index is 2.31. The molecule has 3 heteroatoms. The molecule has 1 heterocycles. The Morgan fingerprint density at radius 3 is 2.44 bits per heavy atom. The van der Waals surface area contributed by atoms with Gasteiger partial charge in [-0.15, -0.1) is 11.3 Å². The zero-order valence-electron chi connectivity index (χ0n) is 8.84. The predicted octanol–water partition coefficient (Wildman–Crippen LogP) is 3.01.